The lowest BCUT2D eigenvalue weighted by Crippen LogP contribution is -2.28. The molecule has 0 heterocycles. The Kier molecular flexibility index (Phi) is 5.73. The number of rotatable bonds is 6. The molecule has 0 saturated heterocycles. The van der Waals surface area contributed by atoms with Crippen LogP contribution in [0.5, 0.6) is 0 Å². The Bertz CT molecular complexity index is 386. The number of aryl methyl sites for hydroxylation is 1. The maximum atomic E-state index is 14.0. The molecule has 18 heavy (non-hydrogen) atoms. The Morgan fingerprint density at radius 1 is 1.06 bits per heavy atom. The minimum atomic E-state index is -0.476. The van der Waals surface area contributed by atoms with Crippen LogP contribution in [0.2, 0.25) is 0 Å². The molecule has 0 aromatic heterocycles. The van der Waals surface area contributed by atoms with Crippen molar-refractivity contribution in [1.29, 1.82) is 0 Å². The smallest absolute Gasteiger partial charge is 0.130 e. The van der Waals surface area contributed by atoms with Crippen molar-refractivity contribution in [2.45, 2.75) is 46.6 Å². The summed E-state index contributed by atoms with van der Waals surface area (Å²) >= 11 is 0. The molecule has 3 heteroatoms. The summed E-state index contributed by atoms with van der Waals surface area (Å²) in [7, 11) is 0. The second-order valence-corrected chi connectivity index (χ2v) is 4.73. The van der Waals surface area contributed by atoms with E-state index in [-0.39, 0.29) is 6.04 Å². The van der Waals surface area contributed by atoms with Crippen molar-refractivity contribution >= 4 is 0 Å². The lowest BCUT2D eigenvalue weighted by Gasteiger charge is -2.27. The fraction of sp³-hybridized carbons (Fsp3) is 0.600. The normalized spacial score (nSPS) is 13.1. The molecule has 0 aliphatic carbocycles. The summed E-state index contributed by atoms with van der Waals surface area (Å²) in [5.41, 5.74) is 1.09. The minimum absolute atomic E-state index is 0.0377. The third-order valence-electron chi connectivity index (χ3n) is 3.56. The summed E-state index contributed by atoms with van der Waals surface area (Å²) < 4.78 is 27.3. The molecule has 1 rings (SSSR count). The summed E-state index contributed by atoms with van der Waals surface area (Å²) in [6.45, 7) is 8.66. The van der Waals surface area contributed by atoms with Crippen molar-refractivity contribution in [2.75, 3.05) is 6.54 Å². The van der Waals surface area contributed by atoms with Crippen molar-refractivity contribution in [3.8, 4) is 0 Å². The first kappa shape index (κ1) is 15.1. The van der Waals surface area contributed by atoms with E-state index in [4.69, 9.17) is 0 Å². The highest BCUT2D eigenvalue weighted by Gasteiger charge is 2.23. The van der Waals surface area contributed by atoms with Gasteiger partial charge in [-0.25, -0.2) is 8.78 Å². The van der Waals surface area contributed by atoms with Crippen LogP contribution in [-0.4, -0.2) is 6.54 Å². The van der Waals surface area contributed by atoms with Gasteiger partial charge in [0.1, 0.15) is 11.6 Å². The Balaban J connectivity index is 3.16. The zero-order valence-corrected chi connectivity index (χ0v) is 11.7. The first-order valence-corrected chi connectivity index (χ1v) is 6.73. The second kappa shape index (κ2) is 6.83. The SMILES string of the molecule is CCNC(c1cc(C)c(F)cc1F)C(CC)CC. The van der Waals surface area contributed by atoms with Crippen molar-refractivity contribution in [3.63, 3.8) is 0 Å². The van der Waals surface area contributed by atoms with Gasteiger partial charge in [-0.05, 0) is 31.0 Å². The van der Waals surface area contributed by atoms with Gasteiger partial charge in [-0.15, -0.1) is 0 Å². The summed E-state index contributed by atoms with van der Waals surface area (Å²) in [5, 5.41) is 3.33. The van der Waals surface area contributed by atoms with Gasteiger partial charge >= 0.3 is 0 Å². The van der Waals surface area contributed by atoms with E-state index in [9.17, 15) is 8.78 Å². The third kappa shape index (κ3) is 3.29. The van der Waals surface area contributed by atoms with E-state index < -0.39 is 11.6 Å². The van der Waals surface area contributed by atoms with E-state index in [0.717, 1.165) is 25.5 Å². The van der Waals surface area contributed by atoms with Crippen LogP contribution in [0.1, 0.15) is 50.8 Å². The standard InChI is InChI=1S/C15H23F2N/c1-5-11(6-2)15(18-7-3)12-8-10(4)13(16)9-14(12)17/h8-9,11,15,18H,5-7H2,1-4H3. The minimum Gasteiger partial charge on any atom is -0.310 e. The van der Waals surface area contributed by atoms with Crippen LogP contribution in [0.3, 0.4) is 0 Å². The van der Waals surface area contributed by atoms with Gasteiger partial charge in [0, 0.05) is 17.7 Å². The number of nitrogens with one attached hydrogen (secondary N) is 1. The van der Waals surface area contributed by atoms with Gasteiger partial charge in [0.25, 0.3) is 0 Å². The fourth-order valence-electron chi connectivity index (χ4n) is 2.43. The molecule has 1 aromatic carbocycles. The molecule has 0 saturated carbocycles. The van der Waals surface area contributed by atoms with E-state index in [0.29, 0.717) is 17.0 Å². The first-order valence-electron chi connectivity index (χ1n) is 6.73. The molecule has 0 amide bonds. The summed E-state index contributed by atoms with van der Waals surface area (Å²) in [5.74, 6) is -0.559. The van der Waals surface area contributed by atoms with E-state index >= 15 is 0 Å². The number of benzene rings is 1. The Hall–Kier alpha value is -0.960. The Morgan fingerprint density at radius 2 is 1.67 bits per heavy atom. The molecule has 0 aliphatic heterocycles. The van der Waals surface area contributed by atoms with E-state index in [1.807, 2.05) is 6.92 Å². The largest absolute Gasteiger partial charge is 0.310 e. The van der Waals surface area contributed by atoms with Crippen LogP contribution in [0.15, 0.2) is 12.1 Å². The van der Waals surface area contributed by atoms with Gasteiger partial charge in [-0.2, -0.15) is 0 Å². The second-order valence-electron chi connectivity index (χ2n) is 4.73. The van der Waals surface area contributed by atoms with Crippen LogP contribution in [0.4, 0.5) is 8.78 Å². The lowest BCUT2D eigenvalue weighted by molar-refractivity contribution is 0.336. The van der Waals surface area contributed by atoms with Gasteiger partial charge in [0.05, 0.1) is 0 Å². The van der Waals surface area contributed by atoms with E-state index in [2.05, 4.69) is 19.2 Å². The summed E-state index contributed by atoms with van der Waals surface area (Å²) in [4.78, 5) is 0. The van der Waals surface area contributed by atoms with Crippen molar-refractivity contribution < 1.29 is 8.78 Å². The van der Waals surface area contributed by atoms with Gasteiger partial charge in [0.15, 0.2) is 0 Å². The molecule has 0 fully saturated rings. The third-order valence-corrected chi connectivity index (χ3v) is 3.56. The van der Waals surface area contributed by atoms with Crippen LogP contribution < -0.4 is 5.32 Å². The van der Waals surface area contributed by atoms with Gasteiger partial charge in [0.2, 0.25) is 0 Å². The average Bonchev–Trinajstić information content (AvgIpc) is 2.34. The van der Waals surface area contributed by atoms with Gasteiger partial charge in [-0.1, -0.05) is 33.6 Å². The van der Waals surface area contributed by atoms with Gasteiger partial charge in [-0.3, -0.25) is 0 Å². The number of hydrogen-bond acceptors (Lipinski definition) is 1. The monoisotopic (exact) mass is 255 g/mol. The van der Waals surface area contributed by atoms with Crippen LogP contribution >= 0.6 is 0 Å². The molecule has 0 radical (unpaired) electrons. The number of hydrogen-bond donors (Lipinski definition) is 1. The first-order chi connectivity index (χ1) is 8.54. The molecule has 1 nitrogen and oxygen atoms in total. The lowest BCUT2D eigenvalue weighted by atomic mass is 9.88. The molecular weight excluding hydrogens is 232 g/mol. The molecule has 0 aliphatic rings. The molecular formula is C15H23F2N. The van der Waals surface area contributed by atoms with Gasteiger partial charge < -0.3 is 5.32 Å². The highest BCUT2D eigenvalue weighted by atomic mass is 19.1. The maximum absolute atomic E-state index is 14.0. The van der Waals surface area contributed by atoms with Crippen molar-refractivity contribution in [3.05, 3.63) is 34.9 Å². The topological polar surface area (TPSA) is 12.0 Å². The molecule has 0 bridgehead atoms. The fourth-order valence-corrected chi connectivity index (χ4v) is 2.43. The summed E-state index contributed by atoms with van der Waals surface area (Å²) in [6, 6.07) is 2.59. The highest BCUT2D eigenvalue weighted by molar-refractivity contribution is 5.28. The van der Waals surface area contributed by atoms with Crippen LogP contribution in [-0.2, 0) is 0 Å². The van der Waals surface area contributed by atoms with E-state index in [1.165, 1.54) is 0 Å². The highest BCUT2D eigenvalue weighted by Crippen LogP contribution is 2.30. The Labute approximate surface area is 109 Å². The zero-order chi connectivity index (χ0) is 13.7. The quantitative estimate of drug-likeness (QED) is 0.796. The van der Waals surface area contributed by atoms with Crippen molar-refractivity contribution in [1.82, 2.24) is 5.32 Å². The zero-order valence-electron chi connectivity index (χ0n) is 11.7. The van der Waals surface area contributed by atoms with Crippen LogP contribution in [0.25, 0.3) is 0 Å². The molecule has 0 spiro atoms. The van der Waals surface area contributed by atoms with E-state index in [1.54, 1.807) is 13.0 Å². The number of halogens is 2. The Morgan fingerprint density at radius 3 is 2.17 bits per heavy atom. The average molecular weight is 255 g/mol. The predicted octanol–water partition coefficient (Wildman–Crippen LogP) is 4.36. The molecule has 1 aromatic rings. The summed E-state index contributed by atoms with van der Waals surface area (Å²) in [6.07, 6.45) is 1.95. The predicted molar refractivity (Wildman–Crippen MR) is 71.6 cm³/mol. The molecule has 1 unspecified atom stereocenters. The molecule has 102 valence electrons. The maximum Gasteiger partial charge on any atom is 0.130 e. The molecule has 1 atom stereocenters. The van der Waals surface area contributed by atoms with Crippen LogP contribution in [0, 0.1) is 24.5 Å². The van der Waals surface area contributed by atoms with Crippen molar-refractivity contribution in [2.24, 2.45) is 5.92 Å². The molecule has 1 N–H and O–H groups in total.